The molecule has 1 fully saturated rings. The summed E-state index contributed by atoms with van der Waals surface area (Å²) in [4.78, 5) is 64.6. The van der Waals surface area contributed by atoms with Gasteiger partial charge in [0.15, 0.2) is 5.75 Å². The summed E-state index contributed by atoms with van der Waals surface area (Å²) in [6.07, 6.45) is 5.43. The second kappa shape index (κ2) is 18.7. The number of piperidine rings is 1. The first kappa shape index (κ1) is 47.7. The number of anilines is 1. The normalized spacial score (nSPS) is 31.3. The Bertz CT molecular complexity index is 2440. The molecule has 9 atom stereocenters. The summed E-state index contributed by atoms with van der Waals surface area (Å²) in [7, 11) is 1.45. The summed E-state index contributed by atoms with van der Waals surface area (Å²) >= 11 is 0. The van der Waals surface area contributed by atoms with Gasteiger partial charge in [0.05, 0.1) is 53.3 Å². The van der Waals surface area contributed by atoms with Gasteiger partial charge in [-0.15, -0.1) is 0 Å². The molecule has 7 rings (SSSR count). The van der Waals surface area contributed by atoms with Crippen molar-refractivity contribution in [2.75, 3.05) is 38.7 Å². The highest BCUT2D eigenvalue weighted by molar-refractivity contribution is 6.21. The lowest BCUT2D eigenvalue weighted by molar-refractivity contribution is -0.160. The number of phenolic OH excluding ortho intramolecular Hbond substituents is 2. The molecule has 5 bridgehead atoms. The van der Waals surface area contributed by atoms with E-state index in [1.165, 1.54) is 59.3 Å². The van der Waals surface area contributed by atoms with Gasteiger partial charge in [-0.25, -0.2) is 9.79 Å². The van der Waals surface area contributed by atoms with Crippen LogP contribution in [0.15, 0.2) is 58.8 Å². The molecule has 64 heavy (non-hydrogen) atoms. The number of aliphatic hydroxyl groups is 2. The van der Waals surface area contributed by atoms with Gasteiger partial charge < -0.3 is 54.3 Å². The first-order valence-electron chi connectivity index (χ1n) is 21.5. The van der Waals surface area contributed by atoms with Crippen molar-refractivity contribution in [3.05, 3.63) is 70.6 Å². The second-order valence-corrected chi connectivity index (χ2v) is 17.6. The molecule has 0 saturated carbocycles. The summed E-state index contributed by atoms with van der Waals surface area (Å²) in [5.74, 6) is -7.54. The van der Waals surface area contributed by atoms with Gasteiger partial charge in [0.1, 0.15) is 34.9 Å². The van der Waals surface area contributed by atoms with Crippen LogP contribution < -0.4 is 20.8 Å². The Hall–Kier alpha value is -5.78. The van der Waals surface area contributed by atoms with Crippen LogP contribution in [0.2, 0.25) is 0 Å². The molecule has 0 radical (unpaired) electrons. The number of allylic oxidation sites excluding steroid dienone is 2. The number of phenols is 2. The molecule has 1 saturated heterocycles. The first-order valence-corrected chi connectivity index (χ1v) is 21.5. The third-order valence-corrected chi connectivity index (χ3v) is 13.2. The number of likely N-dealkylation sites (tertiary alicyclic amines) is 1. The van der Waals surface area contributed by atoms with Crippen LogP contribution >= 0.6 is 0 Å². The zero-order valence-electron chi connectivity index (χ0n) is 37.8. The number of aromatic hydroxyl groups is 2. The third-order valence-electron chi connectivity index (χ3n) is 13.2. The number of hydrogen-bond acceptors (Lipinski definition) is 15. The lowest BCUT2D eigenvalue weighted by Crippen LogP contribution is -2.56. The molecular formula is C47H60N4O13. The zero-order chi connectivity index (χ0) is 47.0. The number of nitrogens with zero attached hydrogens (tertiary/aromatic N) is 3. The summed E-state index contributed by atoms with van der Waals surface area (Å²) < 4.78 is 29.2. The van der Waals surface area contributed by atoms with Crippen LogP contribution in [0.3, 0.4) is 0 Å². The van der Waals surface area contributed by atoms with Crippen molar-refractivity contribution >= 4 is 40.2 Å². The minimum Gasteiger partial charge on any atom is -0.507 e. The van der Waals surface area contributed by atoms with Gasteiger partial charge in [0.25, 0.3) is 11.7 Å². The Morgan fingerprint density at radius 2 is 1.69 bits per heavy atom. The van der Waals surface area contributed by atoms with E-state index >= 15 is 0 Å². The van der Waals surface area contributed by atoms with E-state index in [0.717, 1.165) is 0 Å². The predicted molar refractivity (Wildman–Crippen MR) is 234 cm³/mol. The fourth-order valence-corrected chi connectivity index (χ4v) is 9.11. The summed E-state index contributed by atoms with van der Waals surface area (Å²) in [5.41, 5.74) is -0.317. The van der Waals surface area contributed by atoms with Crippen molar-refractivity contribution in [1.29, 1.82) is 0 Å². The predicted octanol–water partition coefficient (Wildman–Crippen LogP) is 4.46. The van der Waals surface area contributed by atoms with Crippen LogP contribution in [0.4, 0.5) is 10.5 Å². The number of methoxy groups -OCH3 is 1. The van der Waals surface area contributed by atoms with E-state index in [1.807, 2.05) is 0 Å². The molecule has 5 aliphatic rings. The lowest BCUT2D eigenvalue weighted by atomic mass is 9.78. The summed E-state index contributed by atoms with van der Waals surface area (Å²) in [5, 5.41) is 50.2. The number of aliphatic hydroxyl groups excluding tert-OH is 2. The van der Waals surface area contributed by atoms with E-state index in [-0.39, 0.29) is 62.8 Å². The number of ether oxygens (including phenoxy) is 5. The van der Waals surface area contributed by atoms with Crippen molar-refractivity contribution < 1.29 is 63.3 Å². The smallest absolute Gasteiger partial charge is 0.410 e. The van der Waals surface area contributed by atoms with E-state index in [9.17, 15) is 39.6 Å². The highest BCUT2D eigenvalue weighted by Gasteiger charge is 2.50. The number of ketones is 1. The van der Waals surface area contributed by atoms with Crippen LogP contribution in [0.1, 0.15) is 77.2 Å². The van der Waals surface area contributed by atoms with Crippen LogP contribution in [-0.2, 0) is 28.5 Å². The monoisotopic (exact) mass is 888 g/mol. The number of amides is 2. The molecule has 0 aromatic heterocycles. The van der Waals surface area contributed by atoms with Crippen molar-refractivity contribution in [2.24, 2.45) is 33.7 Å². The number of carbonyl (C=O) groups is 4. The molecule has 17 nitrogen and oxygen atoms in total. The molecule has 5 aliphatic heterocycles. The number of esters is 1. The van der Waals surface area contributed by atoms with E-state index in [0.29, 0.717) is 25.9 Å². The Morgan fingerprint density at radius 1 is 1.00 bits per heavy atom. The Labute approximate surface area is 371 Å². The fourth-order valence-electron chi connectivity index (χ4n) is 9.11. The SMILES string of the molecule is C=CCOC(=O)N1CCC2(CC1)CN=c1c(c3c4c5c(C)c(O)c3c(O)c1=NC(=O)/C(C)=C\C=C\[C@H](C)[C@H](O)[C@@H](C)[C@@H](O)[C@@H](C)[C@H](OC(C)=O)C(C)[C@@H](OC)/C=C/O[C@@](C)(O5)C4=O)N2. The third kappa shape index (κ3) is 8.84. The highest BCUT2D eigenvalue weighted by Crippen LogP contribution is 2.51. The number of hydrogen-bond donors (Lipinski definition) is 5. The average Bonchev–Trinajstić information content (AvgIpc) is 3.53. The molecule has 346 valence electrons. The molecule has 5 heterocycles. The number of rotatable bonds is 4. The Kier molecular flexibility index (Phi) is 14.0. The average molecular weight is 889 g/mol. The van der Waals surface area contributed by atoms with E-state index in [1.54, 1.807) is 44.7 Å². The van der Waals surface area contributed by atoms with Crippen molar-refractivity contribution in [3.8, 4) is 17.2 Å². The van der Waals surface area contributed by atoms with Gasteiger partial charge in [-0.1, -0.05) is 58.6 Å². The topological polar surface area (TPSA) is 235 Å². The minimum absolute atomic E-state index is 0.00881. The molecule has 5 N–H and O–H groups in total. The van der Waals surface area contributed by atoms with Gasteiger partial charge in [-0.3, -0.25) is 19.4 Å². The Balaban J connectivity index is 1.54. The van der Waals surface area contributed by atoms with Gasteiger partial charge >= 0.3 is 17.8 Å². The van der Waals surface area contributed by atoms with Crippen molar-refractivity contribution in [3.63, 3.8) is 0 Å². The number of nitrogens with one attached hydrogen (secondary N) is 1. The van der Waals surface area contributed by atoms with Gasteiger partial charge in [-0.05, 0) is 32.8 Å². The molecule has 0 aliphatic carbocycles. The van der Waals surface area contributed by atoms with E-state index in [2.05, 4.69) is 16.9 Å². The number of Topliss-reactive ketones (excluding diaryl/α,β-unsaturated/α-hetero) is 1. The highest BCUT2D eigenvalue weighted by atomic mass is 16.7. The molecule has 2 aromatic carbocycles. The zero-order valence-corrected chi connectivity index (χ0v) is 37.8. The number of carbonyl (C=O) groups excluding carboxylic acids is 4. The summed E-state index contributed by atoms with van der Waals surface area (Å²) in [6.45, 7) is 17.1. The molecule has 1 unspecified atom stereocenters. The van der Waals surface area contributed by atoms with Gasteiger partial charge in [0.2, 0.25) is 0 Å². The molecule has 2 aromatic rings. The number of benzene rings is 2. The van der Waals surface area contributed by atoms with Crippen LogP contribution in [0, 0.1) is 30.6 Å². The first-order chi connectivity index (χ1) is 30.2. The molecule has 17 heteroatoms. The minimum atomic E-state index is -2.02. The maximum Gasteiger partial charge on any atom is 0.410 e. The molecular weight excluding hydrogens is 829 g/mol. The van der Waals surface area contributed by atoms with Crippen molar-refractivity contribution in [1.82, 2.24) is 4.90 Å². The van der Waals surface area contributed by atoms with Gasteiger partial charge in [0, 0.05) is 74.2 Å². The van der Waals surface area contributed by atoms with Crippen LogP contribution in [0.25, 0.3) is 10.8 Å². The van der Waals surface area contributed by atoms with Crippen LogP contribution in [0.5, 0.6) is 17.2 Å². The second-order valence-electron chi connectivity index (χ2n) is 17.6. The maximum absolute atomic E-state index is 14.8. The quantitative estimate of drug-likeness (QED) is 0.162. The molecule has 2 amide bonds. The summed E-state index contributed by atoms with van der Waals surface area (Å²) in [6, 6.07) is 0. The molecule has 1 spiro atoms. The van der Waals surface area contributed by atoms with E-state index < -0.39 is 94.7 Å². The van der Waals surface area contributed by atoms with E-state index in [4.69, 9.17) is 28.7 Å². The maximum atomic E-state index is 14.8. The van der Waals surface area contributed by atoms with Crippen molar-refractivity contribution in [2.45, 2.75) is 104 Å². The fraction of sp³-hybridized carbons (Fsp3) is 0.532. The number of fused-ring (bicyclic) bond motifs is 13. The van der Waals surface area contributed by atoms with Crippen LogP contribution in [-0.4, -0.2) is 118 Å². The largest absolute Gasteiger partial charge is 0.507 e. The Morgan fingerprint density at radius 3 is 2.33 bits per heavy atom. The standard InChI is InChI=1S/C47H60N4O13/c1-11-20-61-45(59)51-18-16-47(17-19-51)22-48-35-34(50-47)31-32-39(55)28(7)42-33(31)43(57)46(9,64-42)62-21-15-30(60-10)25(4)41(63-29(8)52)27(6)38(54)26(5)37(53)23(2)13-12-14-24(3)44(58)49-36(35)40(32)56/h11-15,21,23,25-27,30,37-38,41,50,53-56H,1,16-20,22H2,2-10H3/b13-12+,21-15+,24-14-,49-36?/t23-,25?,26+,27+,30-,37-,38+,41+,46-/m0/s1. The lowest BCUT2D eigenvalue weighted by Gasteiger charge is -2.43. The van der Waals surface area contributed by atoms with Gasteiger partial charge in [-0.2, -0.15) is 0 Å².